The minimum atomic E-state index is -0.203. The molecule has 0 aliphatic heterocycles. The molecular weight excluding hydrogens is 359 g/mol. The fourth-order valence-electron chi connectivity index (χ4n) is 2.85. The summed E-state index contributed by atoms with van der Waals surface area (Å²) in [5, 5.41) is 6.81. The summed E-state index contributed by atoms with van der Waals surface area (Å²) < 4.78 is 5.97. The van der Waals surface area contributed by atoms with Crippen LogP contribution in [0.5, 0.6) is 5.75 Å². The van der Waals surface area contributed by atoms with Gasteiger partial charge in [0.25, 0.3) is 0 Å². The third kappa shape index (κ3) is 5.28. The Kier molecular flexibility index (Phi) is 6.05. The van der Waals surface area contributed by atoms with Gasteiger partial charge in [-0.2, -0.15) is 0 Å². The van der Waals surface area contributed by atoms with Crippen molar-refractivity contribution in [2.75, 3.05) is 17.2 Å². The molecule has 2 aromatic carbocycles. The molecule has 132 valence electrons. The van der Waals surface area contributed by atoms with Crippen LogP contribution in [0.3, 0.4) is 0 Å². The minimum absolute atomic E-state index is 0.121. The van der Waals surface area contributed by atoms with E-state index >= 15 is 0 Å². The molecule has 0 atom stereocenters. The zero-order valence-corrected chi connectivity index (χ0v) is 15.2. The van der Waals surface area contributed by atoms with E-state index in [0.29, 0.717) is 21.8 Å². The Labute approximate surface area is 157 Å². The quantitative estimate of drug-likeness (QED) is 0.710. The Morgan fingerprint density at radius 2 is 1.92 bits per heavy atom. The molecule has 0 radical (unpaired) electrons. The van der Waals surface area contributed by atoms with Crippen molar-refractivity contribution in [3.63, 3.8) is 0 Å². The molecule has 25 heavy (non-hydrogen) atoms. The van der Waals surface area contributed by atoms with Crippen molar-refractivity contribution in [2.45, 2.75) is 31.8 Å². The van der Waals surface area contributed by atoms with E-state index in [1.54, 1.807) is 18.2 Å². The number of nitrogens with one attached hydrogen (secondary N) is 2. The molecule has 2 N–H and O–H groups in total. The predicted molar refractivity (Wildman–Crippen MR) is 103 cm³/mol. The van der Waals surface area contributed by atoms with Crippen molar-refractivity contribution in [3.05, 3.63) is 52.5 Å². The van der Waals surface area contributed by atoms with Gasteiger partial charge >= 0.3 is 0 Å². The Hall–Kier alpha value is -1.91. The Morgan fingerprint density at radius 1 is 1.12 bits per heavy atom. The molecule has 1 amide bonds. The van der Waals surface area contributed by atoms with Crippen molar-refractivity contribution in [3.8, 4) is 5.75 Å². The van der Waals surface area contributed by atoms with Crippen molar-refractivity contribution in [2.24, 2.45) is 0 Å². The van der Waals surface area contributed by atoms with E-state index in [1.807, 2.05) is 24.3 Å². The molecule has 3 rings (SSSR count). The first-order valence-corrected chi connectivity index (χ1v) is 9.11. The number of hydrogen-bond acceptors (Lipinski definition) is 3. The lowest BCUT2D eigenvalue weighted by Crippen LogP contribution is -2.22. The van der Waals surface area contributed by atoms with Crippen LogP contribution in [0, 0.1) is 0 Å². The lowest BCUT2D eigenvalue weighted by Gasteiger charge is -2.14. The molecule has 0 spiro atoms. The molecule has 1 aliphatic carbocycles. The standard InChI is InChI=1S/C19H20Cl2N2O2/c20-13-8-9-17(21)18(10-13)23-19(24)12-22-14-4-3-7-16(11-14)25-15-5-1-2-6-15/h3-4,7-11,15,22H,1-2,5-6,12H2,(H,23,24). The highest BCUT2D eigenvalue weighted by Gasteiger charge is 2.16. The van der Waals surface area contributed by atoms with Gasteiger partial charge in [-0.25, -0.2) is 0 Å². The number of amides is 1. The van der Waals surface area contributed by atoms with E-state index < -0.39 is 0 Å². The van der Waals surface area contributed by atoms with E-state index in [0.717, 1.165) is 24.3 Å². The Balaban J connectivity index is 1.54. The molecule has 1 aliphatic rings. The summed E-state index contributed by atoms with van der Waals surface area (Å²) in [4.78, 5) is 12.1. The molecule has 1 fully saturated rings. The number of carbonyl (C=O) groups is 1. The lowest BCUT2D eigenvalue weighted by molar-refractivity contribution is -0.114. The number of ether oxygens (including phenoxy) is 1. The molecule has 0 bridgehead atoms. The lowest BCUT2D eigenvalue weighted by atomic mass is 10.2. The first kappa shape index (κ1) is 17.9. The Morgan fingerprint density at radius 3 is 2.72 bits per heavy atom. The van der Waals surface area contributed by atoms with Crippen molar-refractivity contribution in [1.29, 1.82) is 0 Å². The molecule has 0 aromatic heterocycles. The van der Waals surface area contributed by atoms with Crippen molar-refractivity contribution < 1.29 is 9.53 Å². The maximum absolute atomic E-state index is 12.1. The maximum atomic E-state index is 12.1. The van der Waals surface area contributed by atoms with Gasteiger partial charge in [0, 0.05) is 16.8 Å². The molecule has 4 nitrogen and oxygen atoms in total. The summed E-state index contributed by atoms with van der Waals surface area (Å²) in [5.74, 6) is 0.626. The zero-order chi connectivity index (χ0) is 17.6. The normalized spacial score (nSPS) is 14.3. The number of benzene rings is 2. The second kappa shape index (κ2) is 8.45. The largest absolute Gasteiger partial charge is 0.490 e. The number of halogens is 2. The summed E-state index contributed by atoms with van der Waals surface area (Å²) in [6.45, 7) is 0.121. The first-order valence-electron chi connectivity index (χ1n) is 8.35. The number of carbonyl (C=O) groups excluding carboxylic acids is 1. The third-order valence-electron chi connectivity index (χ3n) is 4.09. The SMILES string of the molecule is O=C(CNc1cccc(OC2CCCC2)c1)Nc1cc(Cl)ccc1Cl. The van der Waals surface area contributed by atoms with Gasteiger partial charge in [0.05, 0.1) is 23.4 Å². The van der Waals surface area contributed by atoms with Gasteiger partial charge in [-0.15, -0.1) is 0 Å². The van der Waals surface area contributed by atoms with Gasteiger partial charge in [-0.3, -0.25) is 4.79 Å². The second-order valence-corrected chi connectivity index (χ2v) is 6.92. The maximum Gasteiger partial charge on any atom is 0.243 e. The van der Waals surface area contributed by atoms with Crippen LogP contribution < -0.4 is 15.4 Å². The van der Waals surface area contributed by atoms with Gasteiger partial charge in [-0.1, -0.05) is 29.3 Å². The van der Waals surface area contributed by atoms with Crippen LogP contribution in [0.2, 0.25) is 10.0 Å². The predicted octanol–water partition coefficient (Wildman–Crippen LogP) is 5.37. The van der Waals surface area contributed by atoms with E-state index in [-0.39, 0.29) is 12.5 Å². The van der Waals surface area contributed by atoms with Crippen LogP contribution in [-0.4, -0.2) is 18.6 Å². The van der Waals surface area contributed by atoms with Crippen LogP contribution in [-0.2, 0) is 4.79 Å². The highest BCUT2D eigenvalue weighted by Crippen LogP contribution is 2.26. The summed E-state index contributed by atoms with van der Waals surface area (Å²) in [6.07, 6.45) is 4.99. The van der Waals surface area contributed by atoms with Crippen LogP contribution in [0.1, 0.15) is 25.7 Å². The van der Waals surface area contributed by atoms with Gasteiger partial charge in [0.2, 0.25) is 5.91 Å². The molecule has 0 heterocycles. The summed E-state index contributed by atoms with van der Waals surface area (Å²) in [6, 6.07) is 12.6. The number of hydrogen-bond donors (Lipinski definition) is 2. The van der Waals surface area contributed by atoms with E-state index in [1.165, 1.54) is 12.8 Å². The van der Waals surface area contributed by atoms with E-state index in [4.69, 9.17) is 27.9 Å². The number of anilines is 2. The summed E-state index contributed by atoms with van der Waals surface area (Å²) in [7, 11) is 0. The monoisotopic (exact) mass is 378 g/mol. The molecule has 0 saturated heterocycles. The fourth-order valence-corrected chi connectivity index (χ4v) is 3.18. The van der Waals surface area contributed by atoms with Gasteiger partial charge in [-0.05, 0) is 56.0 Å². The molecular formula is C19H20Cl2N2O2. The van der Waals surface area contributed by atoms with Gasteiger partial charge in [0.1, 0.15) is 5.75 Å². The van der Waals surface area contributed by atoms with Crippen LogP contribution >= 0.6 is 23.2 Å². The topological polar surface area (TPSA) is 50.4 Å². The number of rotatable bonds is 6. The van der Waals surface area contributed by atoms with Crippen LogP contribution in [0.15, 0.2) is 42.5 Å². The molecule has 6 heteroatoms. The smallest absolute Gasteiger partial charge is 0.243 e. The van der Waals surface area contributed by atoms with Crippen molar-refractivity contribution in [1.82, 2.24) is 0 Å². The van der Waals surface area contributed by atoms with E-state index in [2.05, 4.69) is 10.6 Å². The van der Waals surface area contributed by atoms with E-state index in [9.17, 15) is 4.79 Å². The first-order chi connectivity index (χ1) is 12.1. The zero-order valence-electron chi connectivity index (χ0n) is 13.7. The minimum Gasteiger partial charge on any atom is -0.490 e. The molecule has 2 aromatic rings. The van der Waals surface area contributed by atoms with Gasteiger partial charge in [0.15, 0.2) is 0 Å². The van der Waals surface area contributed by atoms with Crippen LogP contribution in [0.25, 0.3) is 0 Å². The van der Waals surface area contributed by atoms with Crippen LogP contribution in [0.4, 0.5) is 11.4 Å². The molecule has 0 unspecified atom stereocenters. The highest BCUT2D eigenvalue weighted by molar-refractivity contribution is 6.35. The summed E-state index contributed by atoms with van der Waals surface area (Å²) in [5.41, 5.74) is 1.34. The average molecular weight is 379 g/mol. The summed E-state index contributed by atoms with van der Waals surface area (Å²) >= 11 is 12.0. The fraction of sp³-hybridized carbons (Fsp3) is 0.316. The second-order valence-electron chi connectivity index (χ2n) is 6.08. The van der Waals surface area contributed by atoms with Gasteiger partial charge < -0.3 is 15.4 Å². The Bertz CT molecular complexity index is 746. The average Bonchev–Trinajstić information content (AvgIpc) is 3.10. The molecule has 1 saturated carbocycles. The highest BCUT2D eigenvalue weighted by atomic mass is 35.5. The third-order valence-corrected chi connectivity index (χ3v) is 4.66. The van der Waals surface area contributed by atoms with Crippen molar-refractivity contribution >= 4 is 40.5 Å².